The van der Waals surface area contributed by atoms with Gasteiger partial charge in [-0.2, -0.15) is 0 Å². The maximum absolute atomic E-state index is 12.9. The van der Waals surface area contributed by atoms with Crippen LogP contribution in [0.2, 0.25) is 0 Å². The Bertz CT molecular complexity index is 1310. The minimum atomic E-state index is -2.90. The topological polar surface area (TPSA) is 257 Å². The molecule has 0 spiro atoms. The van der Waals surface area contributed by atoms with Crippen molar-refractivity contribution in [1.82, 2.24) is 5.32 Å². The number of aliphatic hydroxyl groups excluding tert-OH is 3. The molecular formula is C30H45N4O13+. The number of aliphatic carboxylic acids is 1. The summed E-state index contributed by atoms with van der Waals surface area (Å²) in [5.41, 5.74) is 6.40. The highest BCUT2D eigenvalue weighted by atomic mass is 16.8. The van der Waals surface area contributed by atoms with E-state index in [1.54, 1.807) is 32.2 Å². The van der Waals surface area contributed by atoms with Crippen molar-refractivity contribution >= 4 is 17.9 Å². The highest BCUT2D eigenvalue weighted by Gasteiger charge is 2.57. The summed E-state index contributed by atoms with van der Waals surface area (Å²) in [6, 6.07) is 0. The van der Waals surface area contributed by atoms with Gasteiger partial charge in [-0.3, -0.25) is 4.99 Å². The summed E-state index contributed by atoms with van der Waals surface area (Å²) >= 11 is 0. The van der Waals surface area contributed by atoms with Gasteiger partial charge in [-0.15, -0.1) is 6.58 Å². The molecule has 1 fully saturated rings. The van der Waals surface area contributed by atoms with Gasteiger partial charge in [-0.25, -0.2) is 9.59 Å². The second-order valence-corrected chi connectivity index (χ2v) is 11.3. The van der Waals surface area contributed by atoms with Gasteiger partial charge in [0.05, 0.1) is 55.5 Å². The normalized spacial score (nSPS) is 31.2. The van der Waals surface area contributed by atoms with Gasteiger partial charge in [0.1, 0.15) is 37.1 Å². The molecule has 1 saturated heterocycles. The Labute approximate surface area is 271 Å². The van der Waals surface area contributed by atoms with Crippen LogP contribution in [0.5, 0.6) is 0 Å². The van der Waals surface area contributed by atoms with Crippen LogP contribution >= 0.6 is 0 Å². The highest BCUT2D eigenvalue weighted by Crippen LogP contribution is 2.38. The third-order valence-corrected chi connectivity index (χ3v) is 7.76. The predicted molar refractivity (Wildman–Crippen MR) is 163 cm³/mol. The van der Waals surface area contributed by atoms with Crippen molar-refractivity contribution < 1.29 is 68.8 Å². The molecule has 17 nitrogen and oxygen atoms in total. The number of hydrogen-bond acceptors (Lipinski definition) is 13. The SMILES string of the molecule is C=C[C@H]1[C@H](O[C@@H]2O[C@H](CO)[C@@H](O)C(O)(O)[C@H]2OC(C)C)OC=C(C(=O)OC)[C@H]1/C=C/C1=C[NH+](CCO)CC(C(=O)O)=C1NC(N)=NC. The largest absolute Gasteiger partial charge is 0.478 e. The zero-order valence-corrected chi connectivity index (χ0v) is 26.6. The van der Waals surface area contributed by atoms with E-state index in [-0.39, 0.29) is 42.5 Å². The first-order chi connectivity index (χ1) is 22.2. The number of carbonyl (C=O) groups excluding carboxylic acids is 1. The Hall–Kier alpha value is -3.65. The van der Waals surface area contributed by atoms with E-state index in [2.05, 4.69) is 16.9 Å². The average Bonchev–Trinajstić information content (AvgIpc) is 3.03. The number of hydrogen-bond donors (Lipinski definition) is 9. The van der Waals surface area contributed by atoms with E-state index in [1.165, 1.54) is 20.2 Å². The molecule has 262 valence electrons. The standard InChI is InChI=1S/C30H44N4O13/c1-6-17-18(8-7-16-11-34(9-10-35)12-19(25(38)39)22(16)33-29(31)32-4)20(26(40)43-5)14-44-27(17)47-28-24(45-15(2)3)30(41,42)23(37)21(13-36)46-28/h6-8,11,14-15,17-18,21,23-24,27-28,35-37,41-42H,1,9-10,12-13H2,2-5H3,(H,38,39)(H3,31,32,33)/p+1/b8-7+/t17-,18+,21-,23-,24+,27+,28+/m1/s1. The lowest BCUT2D eigenvalue weighted by molar-refractivity contribution is -0.843. The van der Waals surface area contributed by atoms with Crippen LogP contribution < -0.4 is 16.0 Å². The molecule has 0 bridgehead atoms. The van der Waals surface area contributed by atoms with E-state index in [0.29, 0.717) is 10.5 Å². The predicted octanol–water partition coefficient (Wildman–Crippen LogP) is -3.41. The van der Waals surface area contributed by atoms with E-state index in [9.17, 15) is 40.2 Å². The third kappa shape index (κ3) is 8.64. The summed E-state index contributed by atoms with van der Waals surface area (Å²) in [5.74, 6) is -6.68. The van der Waals surface area contributed by atoms with Gasteiger partial charge in [0.15, 0.2) is 18.4 Å². The van der Waals surface area contributed by atoms with Crippen LogP contribution in [0, 0.1) is 11.8 Å². The molecule has 17 heteroatoms. The number of allylic oxidation sites excluding steroid dienone is 2. The summed E-state index contributed by atoms with van der Waals surface area (Å²) in [6.45, 7) is 6.33. The highest BCUT2D eigenvalue weighted by molar-refractivity contribution is 5.92. The maximum Gasteiger partial charge on any atom is 0.339 e. The fourth-order valence-electron chi connectivity index (χ4n) is 5.39. The van der Waals surface area contributed by atoms with Crippen molar-refractivity contribution in [3.05, 3.63) is 59.7 Å². The van der Waals surface area contributed by atoms with Crippen molar-refractivity contribution in [3.63, 3.8) is 0 Å². The smallest absolute Gasteiger partial charge is 0.339 e. The summed E-state index contributed by atoms with van der Waals surface area (Å²) in [6.07, 6.45) is -1.20. The van der Waals surface area contributed by atoms with Gasteiger partial charge in [-0.1, -0.05) is 18.2 Å². The molecule has 0 radical (unpaired) electrons. The molecule has 10 N–H and O–H groups in total. The summed E-state index contributed by atoms with van der Waals surface area (Å²) in [4.78, 5) is 29.6. The molecule has 3 heterocycles. The number of carbonyl (C=O) groups is 2. The van der Waals surface area contributed by atoms with Gasteiger partial charge >= 0.3 is 11.9 Å². The van der Waals surface area contributed by atoms with E-state index in [1.807, 2.05) is 0 Å². The second-order valence-electron chi connectivity index (χ2n) is 11.3. The molecule has 0 aliphatic carbocycles. The molecule has 1 unspecified atom stereocenters. The first-order valence-corrected chi connectivity index (χ1v) is 14.8. The number of rotatable bonds is 13. The fraction of sp³-hybridized carbons (Fsp3) is 0.567. The number of carboxylic acids is 1. The minimum Gasteiger partial charge on any atom is -0.478 e. The van der Waals surface area contributed by atoms with E-state index >= 15 is 0 Å². The lowest BCUT2D eigenvalue weighted by Crippen LogP contribution is -3.09. The van der Waals surface area contributed by atoms with Crippen molar-refractivity contribution in [2.45, 2.75) is 56.6 Å². The van der Waals surface area contributed by atoms with Crippen molar-refractivity contribution in [1.29, 1.82) is 0 Å². The number of methoxy groups -OCH3 is 1. The van der Waals surface area contributed by atoms with Crippen molar-refractivity contribution in [2.24, 2.45) is 22.6 Å². The van der Waals surface area contributed by atoms with Gasteiger partial charge in [0.2, 0.25) is 12.1 Å². The first kappa shape index (κ1) is 37.8. The van der Waals surface area contributed by atoms with Gasteiger partial charge in [-0.05, 0) is 13.8 Å². The lowest BCUT2D eigenvalue weighted by Gasteiger charge is -2.48. The zero-order valence-electron chi connectivity index (χ0n) is 26.6. The summed E-state index contributed by atoms with van der Waals surface area (Å²) in [5, 5.41) is 64.1. The number of esters is 1. The van der Waals surface area contributed by atoms with Crippen LogP contribution in [0.15, 0.2) is 64.7 Å². The number of nitrogens with one attached hydrogen (secondary N) is 2. The Morgan fingerprint density at radius 3 is 2.55 bits per heavy atom. The Morgan fingerprint density at radius 2 is 2.00 bits per heavy atom. The second kappa shape index (κ2) is 16.4. The molecule has 47 heavy (non-hydrogen) atoms. The molecule has 0 aromatic heterocycles. The number of aliphatic imine (C=N–C) groups is 1. The monoisotopic (exact) mass is 669 g/mol. The lowest BCUT2D eigenvalue weighted by atomic mass is 9.83. The van der Waals surface area contributed by atoms with Crippen molar-refractivity contribution in [3.8, 4) is 0 Å². The van der Waals surface area contributed by atoms with Crippen LogP contribution in [-0.4, -0.2) is 132 Å². The van der Waals surface area contributed by atoms with Crippen LogP contribution in [0.4, 0.5) is 0 Å². The number of carboxylic acid groups (broad SMARTS) is 1. The Kier molecular flexibility index (Phi) is 13.2. The molecule has 3 aliphatic heterocycles. The molecular weight excluding hydrogens is 624 g/mol. The zero-order chi connectivity index (χ0) is 35.1. The quantitative estimate of drug-likeness (QED) is 0.0304. The van der Waals surface area contributed by atoms with Crippen LogP contribution in [0.1, 0.15) is 13.8 Å². The number of nitrogens with two attached hydrogens (primary N) is 1. The number of nitrogens with zero attached hydrogens (tertiary/aromatic N) is 1. The molecule has 0 aromatic rings. The van der Waals surface area contributed by atoms with Gasteiger partial charge in [0, 0.05) is 13.0 Å². The minimum absolute atomic E-state index is 0.0258. The van der Waals surface area contributed by atoms with E-state index in [0.717, 1.165) is 6.26 Å². The van der Waals surface area contributed by atoms with E-state index in [4.69, 9.17) is 29.4 Å². The van der Waals surface area contributed by atoms with Crippen molar-refractivity contribution in [2.75, 3.05) is 40.5 Å². The van der Waals surface area contributed by atoms with Crippen LogP contribution in [-0.2, 0) is 33.3 Å². The fourth-order valence-corrected chi connectivity index (χ4v) is 5.39. The average molecular weight is 670 g/mol. The van der Waals surface area contributed by atoms with Crippen LogP contribution in [0.3, 0.4) is 0 Å². The van der Waals surface area contributed by atoms with E-state index < -0.39 is 73.2 Å². The number of guanidine groups is 1. The molecule has 0 saturated carbocycles. The van der Waals surface area contributed by atoms with Gasteiger partial charge < -0.3 is 70.3 Å². The third-order valence-electron chi connectivity index (χ3n) is 7.76. The maximum atomic E-state index is 12.9. The molecule has 3 rings (SSSR count). The van der Waals surface area contributed by atoms with Crippen LogP contribution in [0.25, 0.3) is 0 Å². The summed E-state index contributed by atoms with van der Waals surface area (Å²) in [7, 11) is 2.60. The number of quaternary nitrogens is 1. The number of aliphatic hydroxyl groups is 5. The Morgan fingerprint density at radius 1 is 1.30 bits per heavy atom. The Balaban J connectivity index is 2.06. The molecule has 0 aromatic carbocycles. The molecule has 0 amide bonds. The first-order valence-electron chi connectivity index (χ1n) is 14.8. The van der Waals surface area contributed by atoms with Gasteiger partial charge in [0.25, 0.3) is 0 Å². The number of ether oxygens (including phenoxy) is 5. The molecule has 3 aliphatic rings. The summed E-state index contributed by atoms with van der Waals surface area (Å²) < 4.78 is 28.1. The molecule has 8 atom stereocenters.